The zero-order valence-electron chi connectivity index (χ0n) is 16.1. The van der Waals surface area contributed by atoms with Gasteiger partial charge in [0.05, 0.1) is 0 Å². The molecule has 146 valence electrons. The smallest absolute Gasteiger partial charge is 0.329 e. The Morgan fingerprint density at radius 3 is 2.36 bits per heavy atom. The van der Waals surface area contributed by atoms with E-state index in [4.69, 9.17) is 4.74 Å². The molecule has 1 amide bonds. The van der Waals surface area contributed by atoms with Crippen molar-refractivity contribution in [1.29, 1.82) is 0 Å². The van der Waals surface area contributed by atoms with Gasteiger partial charge in [-0.05, 0) is 43.4 Å². The molecule has 28 heavy (non-hydrogen) atoms. The Morgan fingerprint density at radius 1 is 1.04 bits per heavy atom. The standard InChI is InChI=1S/C24H27NO3/c1-2-11-21(25-23(26)19-14-7-4-8-15-19)24(27)28-22-17-10-9-16-20(22)18-12-5-3-6-13-18/h2-8,12-15,20-22H,1,9-11,16-17H2,(H,25,26)/t20-,21?,22+/m1/s1. The first-order valence-electron chi connectivity index (χ1n) is 9.91. The molecule has 0 bridgehead atoms. The maximum Gasteiger partial charge on any atom is 0.329 e. The summed E-state index contributed by atoms with van der Waals surface area (Å²) in [6.45, 7) is 3.71. The van der Waals surface area contributed by atoms with E-state index in [1.54, 1.807) is 30.3 Å². The molecule has 0 saturated heterocycles. The van der Waals surface area contributed by atoms with Crippen molar-refractivity contribution in [2.24, 2.45) is 0 Å². The molecule has 1 aliphatic rings. The fourth-order valence-corrected chi connectivity index (χ4v) is 3.76. The third-order valence-electron chi connectivity index (χ3n) is 5.23. The van der Waals surface area contributed by atoms with Crippen molar-refractivity contribution in [2.75, 3.05) is 0 Å². The number of hydrogen-bond donors (Lipinski definition) is 1. The number of hydrogen-bond acceptors (Lipinski definition) is 3. The van der Waals surface area contributed by atoms with Crippen LogP contribution in [0.15, 0.2) is 73.3 Å². The van der Waals surface area contributed by atoms with Crippen LogP contribution in [-0.4, -0.2) is 24.0 Å². The molecule has 0 heterocycles. The predicted octanol–water partition coefficient (Wildman–Crippen LogP) is 4.63. The van der Waals surface area contributed by atoms with Gasteiger partial charge in [0.25, 0.3) is 5.91 Å². The molecule has 1 aliphatic carbocycles. The third-order valence-corrected chi connectivity index (χ3v) is 5.23. The number of amides is 1. The minimum absolute atomic E-state index is 0.162. The van der Waals surface area contributed by atoms with Crippen molar-refractivity contribution in [3.63, 3.8) is 0 Å². The molecule has 0 aliphatic heterocycles. The monoisotopic (exact) mass is 377 g/mol. The Labute approximate surface area is 166 Å². The van der Waals surface area contributed by atoms with E-state index in [0.717, 1.165) is 25.7 Å². The Kier molecular flexibility index (Phi) is 7.01. The zero-order valence-corrected chi connectivity index (χ0v) is 16.1. The summed E-state index contributed by atoms with van der Waals surface area (Å²) < 4.78 is 5.91. The summed E-state index contributed by atoms with van der Waals surface area (Å²) in [6, 6.07) is 18.4. The highest BCUT2D eigenvalue weighted by Gasteiger charge is 2.32. The Hall–Kier alpha value is -2.88. The number of carbonyl (C=O) groups excluding carboxylic acids is 2. The van der Waals surface area contributed by atoms with E-state index in [0.29, 0.717) is 12.0 Å². The zero-order chi connectivity index (χ0) is 19.8. The highest BCUT2D eigenvalue weighted by Crippen LogP contribution is 2.35. The first-order chi connectivity index (χ1) is 13.7. The Balaban J connectivity index is 1.68. The molecule has 1 N–H and O–H groups in total. The van der Waals surface area contributed by atoms with Crippen LogP contribution in [-0.2, 0) is 9.53 Å². The van der Waals surface area contributed by atoms with Crippen molar-refractivity contribution in [2.45, 2.75) is 50.2 Å². The maximum atomic E-state index is 12.9. The summed E-state index contributed by atoms with van der Waals surface area (Å²) in [6.07, 6.45) is 5.83. The van der Waals surface area contributed by atoms with Crippen molar-refractivity contribution < 1.29 is 14.3 Å². The van der Waals surface area contributed by atoms with Crippen LogP contribution in [0.3, 0.4) is 0 Å². The van der Waals surface area contributed by atoms with Crippen molar-refractivity contribution in [3.05, 3.63) is 84.4 Å². The summed E-state index contributed by atoms with van der Waals surface area (Å²) in [5.41, 5.74) is 1.72. The number of benzene rings is 2. The number of ether oxygens (including phenoxy) is 1. The van der Waals surface area contributed by atoms with Crippen LogP contribution in [0.2, 0.25) is 0 Å². The van der Waals surface area contributed by atoms with E-state index in [1.807, 2.05) is 24.3 Å². The lowest BCUT2D eigenvalue weighted by Crippen LogP contribution is -2.43. The van der Waals surface area contributed by atoms with Gasteiger partial charge in [0.2, 0.25) is 0 Å². The summed E-state index contributed by atoms with van der Waals surface area (Å²) in [7, 11) is 0. The van der Waals surface area contributed by atoms with Gasteiger partial charge in [-0.1, -0.05) is 61.0 Å². The number of rotatable bonds is 7. The van der Waals surface area contributed by atoms with Crippen LogP contribution >= 0.6 is 0 Å². The fraction of sp³-hybridized carbons (Fsp3) is 0.333. The summed E-state index contributed by atoms with van der Waals surface area (Å²) >= 11 is 0. The number of nitrogens with one attached hydrogen (secondary N) is 1. The molecule has 0 aromatic heterocycles. The molecule has 0 spiro atoms. The largest absolute Gasteiger partial charge is 0.460 e. The fourth-order valence-electron chi connectivity index (χ4n) is 3.76. The van der Waals surface area contributed by atoms with Gasteiger partial charge >= 0.3 is 5.97 Å². The van der Waals surface area contributed by atoms with Crippen molar-refractivity contribution in [1.82, 2.24) is 5.32 Å². The van der Waals surface area contributed by atoms with Gasteiger partial charge in [0.15, 0.2) is 0 Å². The summed E-state index contributed by atoms with van der Waals surface area (Å²) in [5.74, 6) is -0.474. The second kappa shape index (κ2) is 9.88. The topological polar surface area (TPSA) is 55.4 Å². The average molecular weight is 377 g/mol. The first-order valence-corrected chi connectivity index (χ1v) is 9.91. The van der Waals surface area contributed by atoms with Gasteiger partial charge in [0, 0.05) is 11.5 Å². The molecule has 3 rings (SSSR count). The van der Waals surface area contributed by atoms with E-state index in [-0.39, 0.29) is 17.9 Å². The van der Waals surface area contributed by atoms with Gasteiger partial charge in [-0.3, -0.25) is 4.79 Å². The second-order valence-electron chi connectivity index (χ2n) is 7.19. The van der Waals surface area contributed by atoms with E-state index < -0.39 is 12.0 Å². The Morgan fingerprint density at radius 2 is 1.68 bits per heavy atom. The lowest BCUT2D eigenvalue weighted by molar-refractivity contribution is -0.153. The molecule has 2 aromatic rings. The van der Waals surface area contributed by atoms with E-state index in [1.165, 1.54) is 5.56 Å². The summed E-state index contributed by atoms with van der Waals surface area (Å²) in [5, 5.41) is 2.79. The van der Waals surface area contributed by atoms with Crippen LogP contribution < -0.4 is 5.32 Å². The molecular formula is C24H27NO3. The van der Waals surface area contributed by atoms with Crippen molar-refractivity contribution in [3.8, 4) is 0 Å². The van der Waals surface area contributed by atoms with Gasteiger partial charge in [-0.2, -0.15) is 0 Å². The van der Waals surface area contributed by atoms with Gasteiger partial charge in [-0.25, -0.2) is 4.79 Å². The molecule has 3 atom stereocenters. The molecule has 4 heteroatoms. The van der Waals surface area contributed by atoms with E-state index >= 15 is 0 Å². The lowest BCUT2D eigenvalue weighted by atomic mass is 9.81. The van der Waals surface area contributed by atoms with Crippen molar-refractivity contribution >= 4 is 11.9 Å². The molecule has 1 fully saturated rings. The second-order valence-corrected chi connectivity index (χ2v) is 7.19. The molecule has 1 unspecified atom stereocenters. The first kappa shape index (κ1) is 19.9. The van der Waals surface area contributed by atoms with E-state index in [2.05, 4.69) is 24.0 Å². The minimum atomic E-state index is -0.733. The normalized spacial score (nSPS) is 20.0. The molecule has 0 radical (unpaired) electrons. The van der Waals surface area contributed by atoms with Crippen LogP contribution in [0.4, 0.5) is 0 Å². The molecule has 4 nitrogen and oxygen atoms in total. The number of carbonyl (C=O) groups is 2. The summed E-state index contributed by atoms with van der Waals surface area (Å²) in [4.78, 5) is 25.3. The third kappa shape index (κ3) is 5.10. The SMILES string of the molecule is C=CCC(NC(=O)c1ccccc1)C(=O)O[C@H]1CCCC[C@@H]1c1ccccc1. The minimum Gasteiger partial charge on any atom is -0.460 e. The molecule has 1 saturated carbocycles. The average Bonchev–Trinajstić information content (AvgIpc) is 2.75. The molecular weight excluding hydrogens is 350 g/mol. The highest BCUT2D eigenvalue weighted by atomic mass is 16.5. The van der Waals surface area contributed by atoms with Gasteiger partial charge in [0.1, 0.15) is 12.1 Å². The van der Waals surface area contributed by atoms with Gasteiger partial charge in [-0.15, -0.1) is 6.58 Å². The quantitative estimate of drug-likeness (QED) is 0.565. The maximum absolute atomic E-state index is 12.9. The van der Waals surface area contributed by atoms with Crippen LogP contribution in [0.5, 0.6) is 0 Å². The molecule has 2 aromatic carbocycles. The lowest BCUT2D eigenvalue weighted by Gasteiger charge is -2.32. The van der Waals surface area contributed by atoms with Gasteiger partial charge < -0.3 is 10.1 Å². The van der Waals surface area contributed by atoms with E-state index in [9.17, 15) is 9.59 Å². The van der Waals surface area contributed by atoms with Crippen LogP contribution in [0, 0.1) is 0 Å². The highest BCUT2D eigenvalue weighted by molar-refractivity contribution is 5.96. The predicted molar refractivity (Wildman–Crippen MR) is 110 cm³/mol. The number of esters is 1. The van der Waals surface area contributed by atoms with Crippen LogP contribution in [0.25, 0.3) is 0 Å². The van der Waals surface area contributed by atoms with Crippen LogP contribution in [0.1, 0.15) is 53.9 Å². The Bertz CT molecular complexity index is 788.